The van der Waals surface area contributed by atoms with Gasteiger partial charge in [-0.3, -0.25) is 9.59 Å². The van der Waals surface area contributed by atoms with Crippen LogP contribution in [0.4, 0.5) is 15.8 Å². The molecule has 1 aliphatic rings. The van der Waals surface area contributed by atoms with Crippen molar-refractivity contribution in [2.24, 2.45) is 0 Å². The van der Waals surface area contributed by atoms with E-state index in [1.54, 1.807) is 13.0 Å². The molecule has 2 N–H and O–H groups in total. The van der Waals surface area contributed by atoms with Gasteiger partial charge in [-0.1, -0.05) is 0 Å². The van der Waals surface area contributed by atoms with Crippen LogP contribution in [0.5, 0.6) is 0 Å². The highest BCUT2D eigenvalue weighted by molar-refractivity contribution is 8.00. The lowest BCUT2D eigenvalue weighted by Crippen LogP contribution is -2.20. The standard InChI is InChI=1S/C18H17FN2O4S2/c1-11-8-12(19)2-4-14(11)20-17(22)6-7-27(24,25)13-3-5-16-15(9-13)21-18(23)10-26-16/h2-5,8-9H,6-7,10H2,1H3,(H,20,22)(H,21,23). The summed E-state index contributed by atoms with van der Waals surface area (Å²) in [5, 5.41) is 5.23. The van der Waals surface area contributed by atoms with Gasteiger partial charge in [0.05, 0.1) is 22.1 Å². The van der Waals surface area contributed by atoms with Gasteiger partial charge in [0, 0.05) is 17.0 Å². The van der Waals surface area contributed by atoms with Crippen molar-refractivity contribution in [3.63, 3.8) is 0 Å². The third-order valence-corrected chi connectivity index (χ3v) is 6.79. The Morgan fingerprint density at radius 1 is 1.26 bits per heavy atom. The second kappa shape index (κ2) is 7.69. The molecule has 3 rings (SSSR count). The van der Waals surface area contributed by atoms with Gasteiger partial charge < -0.3 is 10.6 Å². The second-order valence-corrected chi connectivity index (χ2v) is 9.20. The van der Waals surface area contributed by atoms with E-state index >= 15 is 0 Å². The number of hydrogen-bond acceptors (Lipinski definition) is 5. The minimum atomic E-state index is -3.70. The minimum Gasteiger partial charge on any atom is -0.326 e. The number of fused-ring (bicyclic) bond motifs is 1. The average molecular weight is 408 g/mol. The van der Waals surface area contributed by atoms with Crippen LogP contribution in [0, 0.1) is 12.7 Å². The van der Waals surface area contributed by atoms with Crippen molar-refractivity contribution in [1.82, 2.24) is 0 Å². The third-order valence-electron chi connectivity index (χ3n) is 4.00. The maximum atomic E-state index is 13.1. The lowest BCUT2D eigenvalue weighted by molar-refractivity contribution is -0.116. The zero-order valence-corrected chi connectivity index (χ0v) is 16.0. The highest BCUT2D eigenvalue weighted by Crippen LogP contribution is 2.33. The second-order valence-electron chi connectivity index (χ2n) is 6.07. The molecule has 2 amide bonds. The van der Waals surface area contributed by atoms with Gasteiger partial charge in [-0.2, -0.15) is 0 Å². The zero-order chi connectivity index (χ0) is 19.6. The van der Waals surface area contributed by atoms with Crippen LogP contribution in [0.3, 0.4) is 0 Å². The van der Waals surface area contributed by atoms with Crippen molar-refractivity contribution in [3.8, 4) is 0 Å². The Morgan fingerprint density at radius 2 is 2.04 bits per heavy atom. The van der Waals surface area contributed by atoms with E-state index in [4.69, 9.17) is 0 Å². The fraction of sp³-hybridized carbons (Fsp3) is 0.222. The number of carbonyl (C=O) groups excluding carboxylic acids is 2. The Balaban J connectivity index is 1.67. The predicted molar refractivity (Wildman–Crippen MR) is 102 cm³/mol. The van der Waals surface area contributed by atoms with Crippen molar-refractivity contribution in [2.45, 2.75) is 23.1 Å². The summed E-state index contributed by atoms with van der Waals surface area (Å²) in [7, 11) is -3.70. The first-order valence-electron chi connectivity index (χ1n) is 8.10. The van der Waals surface area contributed by atoms with Crippen molar-refractivity contribution in [1.29, 1.82) is 0 Å². The van der Waals surface area contributed by atoms with E-state index in [2.05, 4.69) is 10.6 Å². The van der Waals surface area contributed by atoms with Gasteiger partial charge in [0.15, 0.2) is 9.84 Å². The predicted octanol–water partition coefficient (Wildman–Crippen LogP) is 2.98. The summed E-state index contributed by atoms with van der Waals surface area (Å²) in [6, 6.07) is 8.47. The molecule has 27 heavy (non-hydrogen) atoms. The van der Waals surface area contributed by atoms with Gasteiger partial charge in [-0.15, -0.1) is 11.8 Å². The molecule has 0 atom stereocenters. The number of hydrogen-bond donors (Lipinski definition) is 2. The number of anilines is 2. The van der Waals surface area contributed by atoms with Crippen LogP contribution < -0.4 is 10.6 Å². The molecule has 9 heteroatoms. The number of thioether (sulfide) groups is 1. The van der Waals surface area contributed by atoms with Gasteiger partial charge in [0.2, 0.25) is 11.8 Å². The zero-order valence-electron chi connectivity index (χ0n) is 14.4. The number of sulfone groups is 1. The van der Waals surface area contributed by atoms with Crippen molar-refractivity contribution in [2.75, 3.05) is 22.1 Å². The van der Waals surface area contributed by atoms with Crippen molar-refractivity contribution >= 4 is 44.8 Å². The lowest BCUT2D eigenvalue weighted by Gasteiger charge is -2.17. The number of carbonyl (C=O) groups is 2. The minimum absolute atomic E-state index is 0.0508. The van der Waals surface area contributed by atoms with Crippen LogP contribution in [0.25, 0.3) is 0 Å². The molecule has 0 bridgehead atoms. The average Bonchev–Trinajstić information content (AvgIpc) is 2.62. The van der Waals surface area contributed by atoms with Gasteiger partial charge in [0.25, 0.3) is 0 Å². The van der Waals surface area contributed by atoms with Crippen molar-refractivity contribution in [3.05, 3.63) is 47.8 Å². The summed E-state index contributed by atoms with van der Waals surface area (Å²) in [6.07, 6.45) is -0.239. The van der Waals surface area contributed by atoms with E-state index in [9.17, 15) is 22.4 Å². The Hall–Kier alpha value is -2.39. The highest BCUT2D eigenvalue weighted by atomic mass is 32.2. The van der Waals surface area contributed by atoms with Gasteiger partial charge in [0.1, 0.15) is 5.82 Å². The molecule has 2 aromatic rings. The number of amides is 2. The Morgan fingerprint density at radius 3 is 2.78 bits per heavy atom. The van der Waals surface area contributed by atoms with Crippen LogP contribution in [0.15, 0.2) is 46.2 Å². The quantitative estimate of drug-likeness (QED) is 0.794. The molecule has 0 aromatic heterocycles. The van der Waals surface area contributed by atoms with E-state index in [0.717, 1.165) is 4.90 Å². The van der Waals surface area contributed by atoms with E-state index in [1.807, 2.05) is 0 Å². The molecule has 6 nitrogen and oxygen atoms in total. The van der Waals surface area contributed by atoms with Crippen LogP contribution in [0.1, 0.15) is 12.0 Å². The van der Waals surface area contributed by atoms with E-state index < -0.39 is 21.6 Å². The number of nitrogens with one attached hydrogen (secondary N) is 2. The van der Waals surface area contributed by atoms with E-state index in [0.29, 0.717) is 22.7 Å². The summed E-state index contributed by atoms with van der Waals surface area (Å²) in [6.45, 7) is 1.65. The molecule has 0 unspecified atom stereocenters. The number of benzene rings is 2. The highest BCUT2D eigenvalue weighted by Gasteiger charge is 2.21. The van der Waals surface area contributed by atoms with Crippen LogP contribution in [-0.4, -0.2) is 31.7 Å². The molecule has 142 valence electrons. The molecule has 2 aromatic carbocycles. The normalized spacial score (nSPS) is 13.6. The molecule has 0 saturated heterocycles. The number of aryl methyl sites for hydroxylation is 1. The fourth-order valence-corrected chi connectivity index (χ4v) is 4.63. The van der Waals surface area contributed by atoms with Gasteiger partial charge >= 0.3 is 0 Å². The Kier molecular flexibility index (Phi) is 5.52. The van der Waals surface area contributed by atoms with E-state index in [1.165, 1.54) is 42.1 Å². The van der Waals surface area contributed by atoms with Crippen LogP contribution in [-0.2, 0) is 19.4 Å². The van der Waals surface area contributed by atoms with Gasteiger partial charge in [-0.25, -0.2) is 12.8 Å². The molecule has 0 radical (unpaired) electrons. The summed E-state index contributed by atoms with van der Waals surface area (Å²) >= 11 is 1.34. The first-order chi connectivity index (χ1) is 12.7. The summed E-state index contributed by atoms with van der Waals surface area (Å²) in [5.74, 6) is -1.15. The molecule has 0 saturated carbocycles. The maximum absolute atomic E-state index is 13.1. The SMILES string of the molecule is Cc1cc(F)ccc1NC(=O)CCS(=O)(=O)c1ccc2c(c1)NC(=O)CS2. The first kappa shape index (κ1) is 19.4. The molecule has 1 heterocycles. The summed E-state index contributed by atoms with van der Waals surface area (Å²) in [5.41, 5.74) is 1.45. The van der Waals surface area contributed by atoms with E-state index in [-0.39, 0.29) is 23.0 Å². The van der Waals surface area contributed by atoms with Crippen LogP contribution in [0.2, 0.25) is 0 Å². The monoisotopic (exact) mass is 408 g/mol. The third kappa shape index (κ3) is 4.67. The Bertz CT molecular complexity index is 1020. The number of rotatable bonds is 5. The number of halogens is 1. The largest absolute Gasteiger partial charge is 0.326 e. The molecular formula is C18H17FN2O4S2. The fourth-order valence-electron chi connectivity index (χ4n) is 2.58. The molecule has 0 spiro atoms. The Labute approximate surface area is 160 Å². The maximum Gasteiger partial charge on any atom is 0.234 e. The topological polar surface area (TPSA) is 92.3 Å². The molecular weight excluding hydrogens is 391 g/mol. The molecule has 0 fully saturated rings. The first-order valence-corrected chi connectivity index (χ1v) is 10.7. The molecule has 1 aliphatic heterocycles. The van der Waals surface area contributed by atoms with Crippen molar-refractivity contribution < 1.29 is 22.4 Å². The summed E-state index contributed by atoms with van der Waals surface area (Å²) in [4.78, 5) is 24.4. The molecule has 0 aliphatic carbocycles. The van der Waals surface area contributed by atoms with Crippen LogP contribution >= 0.6 is 11.8 Å². The smallest absolute Gasteiger partial charge is 0.234 e. The lowest BCUT2D eigenvalue weighted by atomic mass is 10.2. The summed E-state index contributed by atoms with van der Waals surface area (Å²) < 4.78 is 38.1. The van der Waals surface area contributed by atoms with Gasteiger partial charge in [-0.05, 0) is 48.9 Å².